The summed E-state index contributed by atoms with van der Waals surface area (Å²) in [5.41, 5.74) is 2.90. The highest BCUT2D eigenvalue weighted by atomic mass is 19.1. The van der Waals surface area contributed by atoms with Gasteiger partial charge in [-0.1, -0.05) is 20.8 Å². The van der Waals surface area contributed by atoms with Crippen molar-refractivity contribution in [2.45, 2.75) is 40.0 Å². The van der Waals surface area contributed by atoms with Crippen molar-refractivity contribution in [2.24, 2.45) is 0 Å². The Balaban J connectivity index is 2.94. The summed E-state index contributed by atoms with van der Waals surface area (Å²) in [4.78, 5) is 0. The molecule has 0 radical (unpaired) electrons. The highest BCUT2D eigenvalue weighted by Gasteiger charge is 2.20. The normalized spacial score (nSPS) is 11.7. The smallest absolute Gasteiger partial charge is 0.123 e. The molecule has 0 unspecified atom stereocenters. The van der Waals surface area contributed by atoms with Crippen molar-refractivity contribution in [3.05, 3.63) is 29.1 Å². The van der Waals surface area contributed by atoms with Gasteiger partial charge in [0, 0.05) is 18.8 Å². The lowest BCUT2D eigenvalue weighted by Gasteiger charge is -2.25. The molecule has 18 heavy (non-hydrogen) atoms. The number of rotatable bonds is 5. The van der Waals surface area contributed by atoms with Crippen LogP contribution in [0.1, 0.15) is 38.8 Å². The lowest BCUT2D eigenvalue weighted by atomic mass is 9.84. The molecule has 0 fully saturated rings. The van der Waals surface area contributed by atoms with Crippen molar-refractivity contribution in [3.63, 3.8) is 0 Å². The Morgan fingerprint density at radius 3 is 2.50 bits per heavy atom. The Morgan fingerprint density at radius 2 is 1.94 bits per heavy atom. The molecule has 1 aromatic rings. The number of ether oxygens (including phenoxy) is 1. The molecule has 102 valence electrons. The summed E-state index contributed by atoms with van der Waals surface area (Å²) >= 11 is 0. The number of nitrogens with one attached hydrogen (secondary N) is 1. The van der Waals surface area contributed by atoms with Crippen molar-refractivity contribution < 1.29 is 9.13 Å². The van der Waals surface area contributed by atoms with E-state index in [1.54, 1.807) is 12.1 Å². The largest absolute Gasteiger partial charge is 0.382 e. The molecule has 0 amide bonds. The molecule has 0 atom stereocenters. The molecule has 1 aromatic carbocycles. The molecule has 0 bridgehead atoms. The first-order chi connectivity index (χ1) is 8.36. The molecular formula is C15H24FNO. The Labute approximate surface area is 110 Å². The maximum atomic E-state index is 13.5. The molecule has 0 aliphatic heterocycles. The number of halogens is 1. The predicted molar refractivity (Wildman–Crippen MR) is 74.8 cm³/mol. The SMILES string of the molecule is CCOCCNc1c(C)cc(F)cc1C(C)(C)C. The molecule has 1 rings (SSSR count). The second-order valence-electron chi connectivity index (χ2n) is 5.52. The van der Waals surface area contributed by atoms with Gasteiger partial charge in [0.2, 0.25) is 0 Å². The fourth-order valence-corrected chi connectivity index (χ4v) is 1.96. The molecule has 0 aliphatic rings. The monoisotopic (exact) mass is 253 g/mol. The van der Waals surface area contributed by atoms with E-state index in [2.05, 4.69) is 26.1 Å². The van der Waals surface area contributed by atoms with Crippen LogP contribution >= 0.6 is 0 Å². The maximum Gasteiger partial charge on any atom is 0.123 e. The van der Waals surface area contributed by atoms with Gasteiger partial charge in [-0.2, -0.15) is 0 Å². The van der Waals surface area contributed by atoms with Crippen LogP contribution in [-0.4, -0.2) is 19.8 Å². The highest BCUT2D eigenvalue weighted by Crippen LogP contribution is 2.32. The van der Waals surface area contributed by atoms with Crippen molar-refractivity contribution >= 4 is 5.69 Å². The van der Waals surface area contributed by atoms with Crippen LogP contribution in [0.3, 0.4) is 0 Å². The third-order valence-electron chi connectivity index (χ3n) is 2.86. The number of aryl methyl sites for hydroxylation is 1. The molecular weight excluding hydrogens is 229 g/mol. The molecule has 2 nitrogen and oxygen atoms in total. The fraction of sp³-hybridized carbons (Fsp3) is 0.600. The Hall–Kier alpha value is -1.09. The molecule has 3 heteroatoms. The van der Waals surface area contributed by atoms with Crippen LogP contribution < -0.4 is 5.32 Å². The van der Waals surface area contributed by atoms with Gasteiger partial charge < -0.3 is 10.1 Å². The third kappa shape index (κ3) is 3.98. The van der Waals surface area contributed by atoms with Gasteiger partial charge in [-0.05, 0) is 42.5 Å². The van der Waals surface area contributed by atoms with E-state index in [1.165, 1.54) is 0 Å². The maximum absolute atomic E-state index is 13.5. The second kappa shape index (κ2) is 6.19. The molecule has 0 aromatic heterocycles. The summed E-state index contributed by atoms with van der Waals surface area (Å²) in [6.45, 7) is 12.3. The lowest BCUT2D eigenvalue weighted by molar-refractivity contribution is 0.158. The van der Waals surface area contributed by atoms with Gasteiger partial charge in [0.15, 0.2) is 0 Å². The molecule has 0 heterocycles. The van der Waals surface area contributed by atoms with Crippen molar-refractivity contribution in [1.29, 1.82) is 0 Å². The van der Waals surface area contributed by atoms with Gasteiger partial charge in [-0.15, -0.1) is 0 Å². The minimum absolute atomic E-state index is 0.0825. The van der Waals surface area contributed by atoms with E-state index in [0.29, 0.717) is 6.61 Å². The fourth-order valence-electron chi connectivity index (χ4n) is 1.96. The van der Waals surface area contributed by atoms with Crippen LogP contribution in [-0.2, 0) is 10.2 Å². The highest BCUT2D eigenvalue weighted by molar-refractivity contribution is 5.59. The summed E-state index contributed by atoms with van der Waals surface area (Å²) in [7, 11) is 0. The van der Waals surface area contributed by atoms with Crippen LogP contribution in [0, 0.1) is 12.7 Å². The van der Waals surface area contributed by atoms with Crippen molar-refractivity contribution in [1.82, 2.24) is 0 Å². The van der Waals surface area contributed by atoms with E-state index >= 15 is 0 Å². The van der Waals surface area contributed by atoms with Crippen molar-refractivity contribution in [3.8, 4) is 0 Å². The third-order valence-corrected chi connectivity index (χ3v) is 2.86. The van der Waals surface area contributed by atoms with Gasteiger partial charge >= 0.3 is 0 Å². The van der Waals surface area contributed by atoms with E-state index in [-0.39, 0.29) is 11.2 Å². The van der Waals surface area contributed by atoms with Crippen molar-refractivity contribution in [2.75, 3.05) is 25.1 Å². The summed E-state index contributed by atoms with van der Waals surface area (Å²) in [6, 6.07) is 3.19. The molecule has 0 spiro atoms. The van der Waals surface area contributed by atoms with E-state index in [9.17, 15) is 4.39 Å². The Bertz CT molecular complexity index is 396. The number of anilines is 1. The van der Waals surface area contributed by atoms with Crippen LogP contribution in [0.5, 0.6) is 0 Å². The number of hydrogen-bond acceptors (Lipinski definition) is 2. The van der Waals surface area contributed by atoms with Gasteiger partial charge in [0.1, 0.15) is 5.82 Å². The van der Waals surface area contributed by atoms with Gasteiger partial charge in [0.05, 0.1) is 6.61 Å². The Morgan fingerprint density at radius 1 is 1.28 bits per heavy atom. The average Bonchev–Trinajstić information content (AvgIpc) is 2.24. The average molecular weight is 253 g/mol. The summed E-state index contributed by atoms with van der Waals surface area (Å²) < 4.78 is 18.8. The minimum Gasteiger partial charge on any atom is -0.382 e. The standard InChI is InChI=1S/C15H24FNO/c1-6-18-8-7-17-14-11(2)9-12(16)10-13(14)15(3,4)5/h9-10,17H,6-8H2,1-5H3. The van der Waals surface area contributed by atoms with Gasteiger partial charge in [-0.25, -0.2) is 4.39 Å². The summed E-state index contributed by atoms with van der Waals surface area (Å²) in [5.74, 6) is -0.173. The summed E-state index contributed by atoms with van der Waals surface area (Å²) in [5, 5.41) is 3.36. The quantitative estimate of drug-likeness (QED) is 0.804. The molecule has 0 saturated carbocycles. The zero-order valence-electron chi connectivity index (χ0n) is 12.1. The van der Waals surface area contributed by atoms with Gasteiger partial charge in [-0.3, -0.25) is 0 Å². The minimum atomic E-state index is -0.173. The Kier molecular flexibility index (Phi) is 5.15. The van der Waals surface area contributed by atoms with E-state index in [1.807, 2.05) is 13.8 Å². The second-order valence-corrected chi connectivity index (χ2v) is 5.52. The van der Waals surface area contributed by atoms with Crippen LogP contribution in [0.15, 0.2) is 12.1 Å². The van der Waals surface area contributed by atoms with Gasteiger partial charge in [0.25, 0.3) is 0 Å². The number of hydrogen-bond donors (Lipinski definition) is 1. The zero-order valence-corrected chi connectivity index (χ0v) is 12.1. The predicted octanol–water partition coefficient (Wildman–Crippen LogP) is 3.88. The summed E-state index contributed by atoms with van der Waals surface area (Å²) in [6.07, 6.45) is 0. The van der Waals surface area contributed by atoms with Crippen LogP contribution in [0.2, 0.25) is 0 Å². The number of benzene rings is 1. The van der Waals surface area contributed by atoms with Crippen LogP contribution in [0.4, 0.5) is 10.1 Å². The first-order valence-corrected chi connectivity index (χ1v) is 6.48. The molecule has 0 saturated heterocycles. The zero-order chi connectivity index (χ0) is 13.8. The van der Waals surface area contributed by atoms with E-state index in [4.69, 9.17) is 4.74 Å². The van der Waals surface area contributed by atoms with E-state index < -0.39 is 0 Å². The first kappa shape index (κ1) is 15.0. The van der Waals surface area contributed by atoms with Crippen LogP contribution in [0.25, 0.3) is 0 Å². The molecule has 1 N–H and O–H groups in total. The first-order valence-electron chi connectivity index (χ1n) is 6.48. The topological polar surface area (TPSA) is 21.3 Å². The lowest BCUT2D eigenvalue weighted by Crippen LogP contribution is -2.18. The van der Waals surface area contributed by atoms with E-state index in [0.717, 1.165) is 30.0 Å². The molecule has 0 aliphatic carbocycles.